The Balaban J connectivity index is 2.92. The Morgan fingerprint density at radius 2 is 1.93 bits per heavy atom. The summed E-state index contributed by atoms with van der Waals surface area (Å²) in [6.45, 7) is -0.976. The van der Waals surface area contributed by atoms with Crippen LogP contribution in [0, 0.1) is 0 Å². The second-order valence-corrected chi connectivity index (χ2v) is 4.45. The highest BCUT2D eigenvalue weighted by molar-refractivity contribution is 7.89. The van der Waals surface area contributed by atoms with Gasteiger partial charge in [-0.2, -0.15) is 0 Å². The summed E-state index contributed by atoms with van der Waals surface area (Å²) in [4.78, 5) is -0.411. The van der Waals surface area contributed by atoms with E-state index in [1.54, 1.807) is 4.72 Å². The fourth-order valence-corrected chi connectivity index (χ4v) is 2.04. The number of aromatic hydroxyl groups is 1. The number of para-hydroxylation sites is 1. The predicted molar refractivity (Wildman–Crippen MR) is 49.3 cm³/mol. The minimum atomic E-state index is -4.07. The van der Waals surface area contributed by atoms with Crippen LogP contribution < -0.4 is 4.72 Å². The Kier molecular flexibility index (Phi) is 3.59. The fourth-order valence-electron chi connectivity index (χ4n) is 0.935. The number of benzene rings is 1. The molecule has 7 heteroatoms. The maximum atomic E-state index is 11.8. The van der Waals surface area contributed by atoms with Gasteiger partial charge < -0.3 is 5.11 Å². The third-order valence-corrected chi connectivity index (χ3v) is 3.05. The van der Waals surface area contributed by atoms with E-state index in [1.807, 2.05) is 0 Å². The van der Waals surface area contributed by atoms with Gasteiger partial charge in [-0.3, -0.25) is 0 Å². The molecule has 1 aromatic carbocycles. The standard InChI is InChI=1S/C8H9F2NO3S/c9-8(10)5-11-15(13,14)7-4-2-1-3-6(7)12/h1-4,8,11-12H,5H2. The number of nitrogens with one attached hydrogen (secondary N) is 1. The monoisotopic (exact) mass is 237 g/mol. The largest absolute Gasteiger partial charge is 0.507 e. The minimum Gasteiger partial charge on any atom is -0.507 e. The molecule has 0 saturated heterocycles. The molecule has 0 saturated carbocycles. The van der Waals surface area contributed by atoms with Gasteiger partial charge in [0.05, 0.1) is 6.54 Å². The van der Waals surface area contributed by atoms with Gasteiger partial charge in [-0.1, -0.05) is 12.1 Å². The van der Waals surface area contributed by atoms with Gasteiger partial charge in [0.2, 0.25) is 10.0 Å². The fraction of sp³-hybridized carbons (Fsp3) is 0.250. The molecule has 4 nitrogen and oxygen atoms in total. The Morgan fingerprint density at radius 1 is 1.33 bits per heavy atom. The molecule has 0 fully saturated rings. The average molecular weight is 237 g/mol. The van der Waals surface area contributed by atoms with Crippen LogP contribution in [0.1, 0.15) is 0 Å². The third kappa shape index (κ3) is 3.14. The lowest BCUT2D eigenvalue weighted by atomic mass is 10.3. The number of alkyl halides is 2. The summed E-state index contributed by atoms with van der Waals surface area (Å²) in [7, 11) is -4.07. The van der Waals surface area contributed by atoms with Crippen LogP contribution in [0.4, 0.5) is 8.78 Å². The van der Waals surface area contributed by atoms with Crippen LogP contribution in [0.5, 0.6) is 5.75 Å². The Bertz CT molecular complexity index is 433. The van der Waals surface area contributed by atoms with Gasteiger partial charge in [0.25, 0.3) is 6.43 Å². The number of hydrogen-bond donors (Lipinski definition) is 2. The van der Waals surface area contributed by atoms with Crippen LogP contribution in [0.25, 0.3) is 0 Å². The predicted octanol–water partition coefficient (Wildman–Crippen LogP) is 0.936. The van der Waals surface area contributed by atoms with E-state index in [0.717, 1.165) is 12.1 Å². The highest BCUT2D eigenvalue weighted by Crippen LogP contribution is 2.20. The molecule has 0 aliphatic rings. The smallest absolute Gasteiger partial charge is 0.251 e. The lowest BCUT2D eigenvalue weighted by Gasteiger charge is -2.07. The molecule has 15 heavy (non-hydrogen) atoms. The van der Waals surface area contributed by atoms with Crippen molar-refractivity contribution in [3.63, 3.8) is 0 Å². The summed E-state index contributed by atoms with van der Waals surface area (Å²) in [5.41, 5.74) is 0. The van der Waals surface area contributed by atoms with Crippen molar-refractivity contribution in [2.24, 2.45) is 0 Å². The average Bonchev–Trinajstić information content (AvgIpc) is 2.15. The molecule has 1 rings (SSSR count). The number of phenolic OH excluding ortho intramolecular Hbond substituents is 1. The zero-order valence-corrected chi connectivity index (χ0v) is 8.34. The van der Waals surface area contributed by atoms with Gasteiger partial charge in [-0.05, 0) is 12.1 Å². The van der Waals surface area contributed by atoms with Gasteiger partial charge in [-0.25, -0.2) is 21.9 Å². The van der Waals surface area contributed by atoms with Gasteiger partial charge >= 0.3 is 0 Å². The second kappa shape index (κ2) is 4.54. The van der Waals surface area contributed by atoms with E-state index >= 15 is 0 Å². The second-order valence-electron chi connectivity index (χ2n) is 2.71. The van der Waals surface area contributed by atoms with E-state index < -0.39 is 33.6 Å². The molecular formula is C8H9F2NO3S. The van der Waals surface area contributed by atoms with Crippen LogP contribution in [0.3, 0.4) is 0 Å². The van der Waals surface area contributed by atoms with E-state index in [0.29, 0.717) is 0 Å². The van der Waals surface area contributed by atoms with Crippen molar-refractivity contribution in [2.45, 2.75) is 11.3 Å². The maximum absolute atomic E-state index is 11.8. The van der Waals surface area contributed by atoms with E-state index in [2.05, 4.69) is 0 Å². The minimum absolute atomic E-state index is 0.411. The Labute approximate surface area is 85.6 Å². The third-order valence-electron chi connectivity index (χ3n) is 1.58. The molecule has 0 aromatic heterocycles. The van der Waals surface area contributed by atoms with E-state index in [9.17, 15) is 22.3 Å². The maximum Gasteiger partial charge on any atom is 0.251 e. The Morgan fingerprint density at radius 3 is 2.47 bits per heavy atom. The summed E-state index contributed by atoms with van der Waals surface area (Å²) in [6, 6.07) is 5.11. The molecule has 2 N–H and O–H groups in total. The quantitative estimate of drug-likeness (QED) is 0.818. The normalized spacial score (nSPS) is 11.9. The number of halogens is 2. The van der Waals surface area contributed by atoms with Crippen LogP contribution in [-0.2, 0) is 10.0 Å². The Hall–Kier alpha value is -1.21. The molecule has 0 heterocycles. The molecule has 0 bridgehead atoms. The van der Waals surface area contributed by atoms with Crippen LogP contribution >= 0.6 is 0 Å². The highest BCUT2D eigenvalue weighted by Gasteiger charge is 2.19. The number of sulfonamides is 1. The van der Waals surface area contributed by atoms with Gasteiger partial charge in [-0.15, -0.1) is 0 Å². The van der Waals surface area contributed by atoms with Crippen molar-refractivity contribution in [1.82, 2.24) is 4.72 Å². The first kappa shape index (κ1) is 11.9. The van der Waals surface area contributed by atoms with Crippen molar-refractivity contribution >= 4 is 10.0 Å². The SMILES string of the molecule is O=S(=O)(NCC(F)F)c1ccccc1O. The van der Waals surface area contributed by atoms with Crippen molar-refractivity contribution in [3.8, 4) is 5.75 Å². The van der Waals surface area contributed by atoms with Gasteiger partial charge in [0.15, 0.2) is 0 Å². The zero-order chi connectivity index (χ0) is 11.5. The van der Waals surface area contributed by atoms with Gasteiger partial charge in [0.1, 0.15) is 10.6 Å². The highest BCUT2D eigenvalue weighted by atomic mass is 32.2. The van der Waals surface area contributed by atoms with Crippen molar-refractivity contribution in [3.05, 3.63) is 24.3 Å². The summed E-state index contributed by atoms with van der Waals surface area (Å²) >= 11 is 0. The van der Waals surface area contributed by atoms with Crippen LogP contribution in [0.15, 0.2) is 29.2 Å². The van der Waals surface area contributed by atoms with Gasteiger partial charge in [0, 0.05) is 0 Å². The molecule has 0 spiro atoms. The first-order valence-corrected chi connectivity index (χ1v) is 5.47. The zero-order valence-electron chi connectivity index (χ0n) is 7.52. The lowest BCUT2D eigenvalue weighted by Crippen LogP contribution is -2.28. The molecular weight excluding hydrogens is 228 g/mol. The summed E-state index contributed by atoms with van der Waals surface area (Å²) < 4.78 is 48.0. The number of rotatable bonds is 4. The molecule has 0 atom stereocenters. The van der Waals surface area contributed by atoms with Crippen molar-refractivity contribution in [1.29, 1.82) is 0 Å². The molecule has 0 aliphatic heterocycles. The van der Waals surface area contributed by atoms with Crippen LogP contribution in [0.2, 0.25) is 0 Å². The summed E-state index contributed by atoms with van der Waals surface area (Å²) in [5.74, 6) is -0.473. The van der Waals surface area contributed by atoms with E-state index in [4.69, 9.17) is 0 Å². The number of phenols is 1. The molecule has 0 radical (unpaired) electrons. The first-order chi connectivity index (χ1) is 6.93. The van der Waals surface area contributed by atoms with Crippen molar-refractivity contribution in [2.75, 3.05) is 6.54 Å². The molecule has 0 amide bonds. The molecule has 1 aromatic rings. The summed E-state index contributed by atoms with van der Waals surface area (Å²) in [5, 5.41) is 9.20. The topological polar surface area (TPSA) is 66.4 Å². The molecule has 0 unspecified atom stereocenters. The summed E-state index contributed by atoms with van der Waals surface area (Å²) in [6.07, 6.45) is -2.77. The first-order valence-electron chi connectivity index (χ1n) is 3.99. The molecule has 0 aliphatic carbocycles. The van der Waals surface area contributed by atoms with Crippen LogP contribution in [-0.4, -0.2) is 26.5 Å². The lowest BCUT2D eigenvalue weighted by molar-refractivity contribution is 0.153. The van der Waals surface area contributed by atoms with Crippen molar-refractivity contribution < 1.29 is 22.3 Å². The number of hydrogen-bond acceptors (Lipinski definition) is 3. The van der Waals surface area contributed by atoms with E-state index in [-0.39, 0.29) is 0 Å². The van der Waals surface area contributed by atoms with E-state index in [1.165, 1.54) is 12.1 Å². The molecule has 84 valence electrons.